The number of benzene rings is 1. The molecule has 0 aromatic heterocycles. The monoisotopic (exact) mass is 424 g/mol. The highest BCUT2D eigenvalue weighted by molar-refractivity contribution is 7.48. The fourth-order valence-electron chi connectivity index (χ4n) is 4.55. The molecule has 0 N–H and O–H groups in total. The van der Waals surface area contributed by atoms with Crippen molar-refractivity contribution in [2.24, 2.45) is 0 Å². The van der Waals surface area contributed by atoms with Crippen molar-refractivity contribution in [3.05, 3.63) is 23.3 Å². The van der Waals surface area contributed by atoms with E-state index in [1.54, 1.807) is 13.8 Å². The lowest BCUT2D eigenvalue weighted by Crippen LogP contribution is -2.22. The minimum atomic E-state index is -3.67. The van der Waals surface area contributed by atoms with Crippen molar-refractivity contribution >= 4 is 7.82 Å². The van der Waals surface area contributed by atoms with Gasteiger partial charge in [-0.25, -0.2) is 4.57 Å². The van der Waals surface area contributed by atoms with E-state index in [2.05, 4.69) is 32.9 Å². The lowest BCUT2D eigenvalue weighted by atomic mass is 9.78. The van der Waals surface area contributed by atoms with Crippen LogP contribution in [0.1, 0.15) is 96.6 Å². The molecular formula is C23H37O5P. The summed E-state index contributed by atoms with van der Waals surface area (Å²) in [4.78, 5) is 0. The number of ether oxygens (including phenoxy) is 1. The molecule has 1 fully saturated rings. The van der Waals surface area contributed by atoms with Gasteiger partial charge in [0.1, 0.15) is 17.6 Å². The number of hydrogen-bond donors (Lipinski definition) is 0. The van der Waals surface area contributed by atoms with Gasteiger partial charge in [-0.3, -0.25) is 9.05 Å². The predicted octanol–water partition coefficient (Wildman–Crippen LogP) is 7.13. The van der Waals surface area contributed by atoms with Gasteiger partial charge < -0.3 is 9.26 Å². The van der Waals surface area contributed by atoms with E-state index in [4.69, 9.17) is 18.3 Å². The van der Waals surface area contributed by atoms with Crippen molar-refractivity contribution < 1.29 is 22.9 Å². The maximum Gasteiger partial charge on any atom is 0.530 e. The molecule has 1 aliphatic carbocycles. The average Bonchev–Trinajstić information content (AvgIpc) is 3.05. The number of rotatable bonds is 10. The molecule has 0 saturated heterocycles. The first-order chi connectivity index (χ1) is 13.8. The Kier molecular flexibility index (Phi) is 7.35. The molecule has 6 heteroatoms. The van der Waals surface area contributed by atoms with E-state index < -0.39 is 7.82 Å². The largest absolute Gasteiger partial charge is 0.530 e. The Morgan fingerprint density at radius 1 is 1.10 bits per heavy atom. The molecule has 1 heterocycles. The van der Waals surface area contributed by atoms with Gasteiger partial charge in [-0.1, -0.05) is 40.0 Å². The second-order valence-electron chi connectivity index (χ2n) is 8.79. The van der Waals surface area contributed by atoms with Gasteiger partial charge in [-0.2, -0.15) is 0 Å². The van der Waals surface area contributed by atoms with Crippen molar-refractivity contribution in [1.82, 2.24) is 0 Å². The van der Waals surface area contributed by atoms with Gasteiger partial charge in [0.05, 0.1) is 13.2 Å². The first-order valence-corrected chi connectivity index (χ1v) is 12.7. The molecule has 1 aliphatic heterocycles. The van der Waals surface area contributed by atoms with Crippen LogP contribution in [0.4, 0.5) is 0 Å². The Bertz CT molecular complexity index is 735. The van der Waals surface area contributed by atoms with Crippen molar-refractivity contribution in [2.45, 2.75) is 97.0 Å². The van der Waals surface area contributed by atoms with Crippen LogP contribution in [0.25, 0.3) is 0 Å². The number of phosphoric ester groups is 1. The van der Waals surface area contributed by atoms with Crippen LogP contribution < -0.4 is 9.26 Å². The zero-order valence-electron chi connectivity index (χ0n) is 18.7. The zero-order chi connectivity index (χ0) is 21.1. The van der Waals surface area contributed by atoms with Crippen LogP contribution in [0.15, 0.2) is 12.1 Å². The maximum absolute atomic E-state index is 13.2. The number of unbranched alkanes of at least 4 members (excludes halogenated alkanes) is 1. The summed E-state index contributed by atoms with van der Waals surface area (Å²) in [5, 5.41) is 0. The molecule has 0 bridgehead atoms. The molecule has 2 unspecified atom stereocenters. The molecule has 2 aliphatic rings. The van der Waals surface area contributed by atoms with Gasteiger partial charge >= 0.3 is 7.82 Å². The van der Waals surface area contributed by atoms with E-state index >= 15 is 0 Å². The lowest BCUT2D eigenvalue weighted by molar-refractivity contribution is 0.161. The van der Waals surface area contributed by atoms with E-state index in [-0.39, 0.29) is 24.7 Å². The average molecular weight is 425 g/mol. The molecule has 164 valence electrons. The van der Waals surface area contributed by atoms with Gasteiger partial charge in [0.2, 0.25) is 0 Å². The summed E-state index contributed by atoms with van der Waals surface area (Å²) in [6, 6.07) is 4.24. The van der Waals surface area contributed by atoms with Crippen LogP contribution in [0.5, 0.6) is 11.5 Å². The Morgan fingerprint density at radius 2 is 1.79 bits per heavy atom. The van der Waals surface area contributed by atoms with Crippen LogP contribution in [0, 0.1) is 0 Å². The second kappa shape index (κ2) is 9.41. The van der Waals surface area contributed by atoms with Crippen molar-refractivity contribution in [3.63, 3.8) is 0 Å². The summed E-state index contributed by atoms with van der Waals surface area (Å²) >= 11 is 0. The highest BCUT2D eigenvalue weighted by atomic mass is 31.2. The first-order valence-electron chi connectivity index (χ1n) is 11.3. The minimum Gasteiger partial charge on any atom is -0.489 e. The van der Waals surface area contributed by atoms with E-state index in [1.807, 2.05) is 0 Å². The third-order valence-electron chi connectivity index (χ3n) is 6.18. The molecule has 3 rings (SSSR count). The van der Waals surface area contributed by atoms with Gasteiger partial charge in [0.15, 0.2) is 0 Å². The van der Waals surface area contributed by atoms with Crippen LogP contribution in [0.2, 0.25) is 0 Å². The van der Waals surface area contributed by atoms with Crippen molar-refractivity contribution in [2.75, 3.05) is 13.2 Å². The topological polar surface area (TPSA) is 54.0 Å². The quantitative estimate of drug-likeness (QED) is 0.374. The fraction of sp³-hybridized carbons (Fsp3) is 0.739. The Labute approximate surface area is 176 Å². The summed E-state index contributed by atoms with van der Waals surface area (Å²) in [5.74, 6) is 1.79. The van der Waals surface area contributed by atoms with Crippen molar-refractivity contribution in [1.29, 1.82) is 0 Å². The van der Waals surface area contributed by atoms with E-state index in [0.717, 1.165) is 49.0 Å². The molecule has 1 aromatic carbocycles. The Morgan fingerprint density at radius 3 is 2.45 bits per heavy atom. The second-order valence-corrected chi connectivity index (χ2v) is 10.4. The van der Waals surface area contributed by atoms with Crippen LogP contribution in [-0.2, 0) is 19.0 Å². The normalized spacial score (nSPS) is 21.4. The van der Waals surface area contributed by atoms with Gasteiger partial charge in [-0.15, -0.1) is 0 Å². The SMILES string of the molecule is CCCCC(C)(C)c1cc2c(c(OP(=O)(OCC)OCC)c1)C1CCCCC1O2. The fourth-order valence-corrected chi connectivity index (χ4v) is 5.76. The van der Waals surface area contributed by atoms with Gasteiger partial charge in [0.25, 0.3) is 0 Å². The van der Waals surface area contributed by atoms with E-state index in [0.29, 0.717) is 11.7 Å². The molecule has 1 saturated carbocycles. The molecule has 0 radical (unpaired) electrons. The smallest absolute Gasteiger partial charge is 0.489 e. The van der Waals surface area contributed by atoms with Gasteiger partial charge in [0, 0.05) is 11.5 Å². The molecular weight excluding hydrogens is 387 g/mol. The highest BCUT2D eigenvalue weighted by Crippen LogP contribution is 2.56. The molecule has 1 aromatic rings. The standard InChI is InChI=1S/C23H37O5P/c1-6-9-14-23(4,5)17-15-20-22(18-12-10-11-13-19(18)27-20)21(16-17)28-29(24,25-7-2)26-8-3/h15-16,18-19H,6-14H2,1-5H3. The maximum atomic E-state index is 13.2. The predicted molar refractivity (Wildman–Crippen MR) is 116 cm³/mol. The summed E-state index contributed by atoms with van der Waals surface area (Å²) in [5.41, 5.74) is 2.17. The van der Waals surface area contributed by atoms with E-state index in [9.17, 15) is 4.57 Å². The third kappa shape index (κ3) is 5.00. The van der Waals surface area contributed by atoms with Crippen LogP contribution in [-0.4, -0.2) is 19.3 Å². The Balaban J connectivity index is 2.04. The van der Waals surface area contributed by atoms with Crippen LogP contribution in [0.3, 0.4) is 0 Å². The summed E-state index contributed by atoms with van der Waals surface area (Å²) in [6.45, 7) is 10.8. The third-order valence-corrected chi connectivity index (χ3v) is 7.75. The number of hydrogen-bond acceptors (Lipinski definition) is 5. The summed E-state index contributed by atoms with van der Waals surface area (Å²) in [6.07, 6.45) is 8.07. The van der Waals surface area contributed by atoms with Crippen LogP contribution >= 0.6 is 7.82 Å². The number of fused-ring (bicyclic) bond motifs is 3. The molecule has 29 heavy (non-hydrogen) atoms. The Hall–Kier alpha value is -1.03. The van der Waals surface area contributed by atoms with Crippen molar-refractivity contribution in [3.8, 4) is 11.5 Å². The molecule has 2 atom stereocenters. The molecule has 5 nitrogen and oxygen atoms in total. The highest BCUT2D eigenvalue weighted by Gasteiger charge is 2.41. The first kappa shape index (κ1) is 22.7. The summed E-state index contributed by atoms with van der Waals surface area (Å²) in [7, 11) is -3.67. The summed E-state index contributed by atoms with van der Waals surface area (Å²) < 4.78 is 36.4. The number of phosphoric acid groups is 1. The lowest BCUT2D eigenvalue weighted by Gasteiger charge is -2.28. The zero-order valence-corrected chi connectivity index (χ0v) is 19.6. The molecule has 0 amide bonds. The molecule has 0 spiro atoms. The van der Waals surface area contributed by atoms with Gasteiger partial charge in [-0.05, 0) is 62.6 Å². The van der Waals surface area contributed by atoms with E-state index in [1.165, 1.54) is 12.8 Å². The minimum absolute atomic E-state index is 0.0263.